The minimum absolute atomic E-state index is 0.0388. The van der Waals surface area contributed by atoms with Crippen molar-refractivity contribution in [1.29, 1.82) is 5.26 Å². The van der Waals surface area contributed by atoms with Gasteiger partial charge in [-0.2, -0.15) is 5.26 Å². The molecule has 0 spiro atoms. The number of rotatable bonds is 2. The maximum absolute atomic E-state index is 13.2. The van der Waals surface area contributed by atoms with Crippen LogP contribution in [-0.2, 0) is 4.79 Å². The Bertz CT molecular complexity index is 874. The summed E-state index contributed by atoms with van der Waals surface area (Å²) in [5, 5.41) is 11.0. The fourth-order valence-electron chi connectivity index (χ4n) is 4.27. The van der Waals surface area contributed by atoms with Crippen LogP contribution in [0.15, 0.2) is 46.1 Å². The smallest absolute Gasteiger partial charge is 0.162 e. The van der Waals surface area contributed by atoms with Gasteiger partial charge in [0.2, 0.25) is 0 Å². The fourth-order valence-corrected chi connectivity index (χ4v) is 5.42. The van der Waals surface area contributed by atoms with Gasteiger partial charge in [-0.05, 0) is 29.5 Å². The van der Waals surface area contributed by atoms with Crippen molar-refractivity contribution < 1.29 is 9.53 Å². The van der Waals surface area contributed by atoms with Crippen molar-refractivity contribution in [3.05, 3.63) is 51.7 Å². The summed E-state index contributed by atoms with van der Waals surface area (Å²) in [6.45, 7) is 5.19. The molecule has 4 nitrogen and oxygen atoms in total. The van der Waals surface area contributed by atoms with Gasteiger partial charge in [0.05, 0.1) is 29.7 Å². The summed E-state index contributed by atoms with van der Waals surface area (Å²) in [5.74, 6) is 1.65. The lowest BCUT2D eigenvalue weighted by molar-refractivity contribution is -0.118. The van der Waals surface area contributed by atoms with Crippen molar-refractivity contribution in [2.75, 3.05) is 19.4 Å². The first-order valence-corrected chi connectivity index (χ1v) is 9.88. The normalized spacial score (nSPS) is 24.3. The lowest BCUT2D eigenvalue weighted by Crippen LogP contribution is -2.38. The summed E-state index contributed by atoms with van der Waals surface area (Å²) < 4.78 is 5.27. The molecule has 0 N–H and O–H groups in total. The first-order chi connectivity index (χ1) is 12.4. The Morgan fingerprint density at radius 2 is 2.00 bits per heavy atom. The number of nitriles is 1. The van der Waals surface area contributed by atoms with Gasteiger partial charge >= 0.3 is 0 Å². The lowest BCUT2D eigenvalue weighted by atomic mass is 9.69. The maximum atomic E-state index is 13.2. The molecule has 0 saturated carbocycles. The Kier molecular flexibility index (Phi) is 4.11. The van der Waals surface area contributed by atoms with Gasteiger partial charge in [-0.3, -0.25) is 4.79 Å². The minimum atomic E-state index is -0.263. The van der Waals surface area contributed by atoms with Gasteiger partial charge in [0.1, 0.15) is 5.75 Å². The molecule has 1 atom stereocenters. The predicted octanol–water partition coefficient (Wildman–Crippen LogP) is 4.22. The predicted molar refractivity (Wildman–Crippen MR) is 103 cm³/mol. The molecule has 1 fully saturated rings. The fraction of sp³-hybridized carbons (Fsp3) is 0.429. The zero-order valence-corrected chi connectivity index (χ0v) is 16.2. The van der Waals surface area contributed by atoms with E-state index < -0.39 is 0 Å². The number of ether oxygens (including phenoxy) is 1. The van der Waals surface area contributed by atoms with Crippen LogP contribution in [0.3, 0.4) is 0 Å². The number of carbonyl (C=O) groups is 1. The summed E-state index contributed by atoms with van der Waals surface area (Å²) in [5.41, 5.74) is 3.62. The van der Waals surface area contributed by atoms with Gasteiger partial charge in [0, 0.05) is 30.0 Å². The van der Waals surface area contributed by atoms with Crippen molar-refractivity contribution in [1.82, 2.24) is 4.90 Å². The molecule has 0 radical (unpaired) electrons. The highest BCUT2D eigenvalue weighted by atomic mass is 32.2. The molecule has 2 aliphatic heterocycles. The van der Waals surface area contributed by atoms with E-state index in [9.17, 15) is 10.1 Å². The number of allylic oxidation sites excluding steroid dienone is 3. The standard InChI is InChI=1S/C21H22N2O2S/c1-21(2)10-16-19(17(24)11-21)18(13-4-6-14(25-3)7-5-13)15(12-22)20-23(16)8-9-26-20/h4-7,18H,8-11H2,1-3H3/t18-/m0/s1. The van der Waals surface area contributed by atoms with Crippen LogP contribution in [0.5, 0.6) is 5.75 Å². The number of fused-ring (bicyclic) bond motifs is 2. The Labute approximate surface area is 158 Å². The lowest BCUT2D eigenvalue weighted by Gasteiger charge is -2.42. The molecule has 1 aromatic carbocycles. The summed E-state index contributed by atoms with van der Waals surface area (Å²) in [6, 6.07) is 10.2. The summed E-state index contributed by atoms with van der Waals surface area (Å²) in [6.07, 6.45) is 1.41. The number of nitrogens with zero attached hydrogens (tertiary/aromatic N) is 2. The van der Waals surface area contributed by atoms with E-state index in [1.807, 2.05) is 24.3 Å². The van der Waals surface area contributed by atoms with Crippen molar-refractivity contribution in [3.63, 3.8) is 0 Å². The number of thioether (sulfide) groups is 1. The van der Waals surface area contributed by atoms with Crippen molar-refractivity contribution >= 4 is 17.5 Å². The molecular formula is C21H22N2O2S. The molecule has 0 aromatic heterocycles. The number of carbonyl (C=O) groups excluding carboxylic acids is 1. The van der Waals surface area contributed by atoms with E-state index in [-0.39, 0.29) is 17.1 Å². The van der Waals surface area contributed by atoms with E-state index in [4.69, 9.17) is 4.74 Å². The number of benzene rings is 1. The van der Waals surface area contributed by atoms with Gasteiger partial charge < -0.3 is 9.64 Å². The summed E-state index contributed by atoms with van der Waals surface area (Å²) in [7, 11) is 1.64. The van der Waals surface area contributed by atoms with E-state index in [0.717, 1.165) is 46.3 Å². The Balaban J connectivity index is 1.91. The second-order valence-electron chi connectivity index (χ2n) is 7.84. The largest absolute Gasteiger partial charge is 0.497 e. The van der Waals surface area contributed by atoms with E-state index >= 15 is 0 Å². The first-order valence-electron chi connectivity index (χ1n) is 8.90. The maximum Gasteiger partial charge on any atom is 0.162 e. The van der Waals surface area contributed by atoms with Crippen LogP contribution in [0.25, 0.3) is 0 Å². The second kappa shape index (κ2) is 6.21. The highest BCUT2D eigenvalue weighted by Crippen LogP contribution is 2.53. The van der Waals surface area contributed by atoms with Crippen LogP contribution in [0.4, 0.5) is 0 Å². The summed E-state index contributed by atoms with van der Waals surface area (Å²) in [4.78, 5) is 15.4. The Morgan fingerprint density at radius 1 is 1.27 bits per heavy atom. The summed E-state index contributed by atoms with van der Waals surface area (Å²) >= 11 is 1.74. The van der Waals surface area contributed by atoms with Crippen LogP contribution >= 0.6 is 11.8 Å². The van der Waals surface area contributed by atoms with Crippen molar-refractivity contribution in [3.8, 4) is 11.8 Å². The number of hydrogen-bond acceptors (Lipinski definition) is 5. The molecule has 1 aliphatic carbocycles. The number of ketones is 1. The van der Waals surface area contributed by atoms with E-state index in [1.165, 1.54) is 0 Å². The molecule has 3 aliphatic rings. The van der Waals surface area contributed by atoms with E-state index in [2.05, 4.69) is 24.8 Å². The van der Waals surface area contributed by atoms with Crippen molar-refractivity contribution in [2.24, 2.45) is 5.41 Å². The molecule has 0 bridgehead atoms. The van der Waals surface area contributed by atoms with E-state index in [0.29, 0.717) is 12.0 Å². The third-order valence-electron chi connectivity index (χ3n) is 5.40. The molecule has 4 rings (SSSR count). The zero-order chi connectivity index (χ0) is 18.5. The first kappa shape index (κ1) is 17.2. The second-order valence-corrected chi connectivity index (χ2v) is 8.92. The molecule has 2 heterocycles. The highest BCUT2D eigenvalue weighted by molar-refractivity contribution is 8.03. The number of Topliss-reactive ketones (excluding diaryl/α,β-unsaturated/α-hetero) is 1. The van der Waals surface area contributed by atoms with Gasteiger partial charge in [-0.15, -0.1) is 11.8 Å². The molecule has 26 heavy (non-hydrogen) atoms. The average molecular weight is 366 g/mol. The molecule has 1 saturated heterocycles. The van der Waals surface area contributed by atoms with Gasteiger partial charge in [0.15, 0.2) is 5.78 Å². The molecular weight excluding hydrogens is 344 g/mol. The molecule has 134 valence electrons. The Hall–Kier alpha value is -2.19. The SMILES string of the molecule is COc1ccc([C@H]2C(C#N)=C3SCCN3C3=C2C(=O)CC(C)(C)C3)cc1. The molecule has 5 heteroatoms. The van der Waals surface area contributed by atoms with Gasteiger partial charge in [-0.1, -0.05) is 26.0 Å². The van der Waals surface area contributed by atoms with Crippen LogP contribution in [-0.4, -0.2) is 30.1 Å². The zero-order valence-electron chi connectivity index (χ0n) is 15.3. The third-order valence-corrected chi connectivity index (χ3v) is 6.50. The monoisotopic (exact) mass is 366 g/mol. The number of methoxy groups -OCH3 is 1. The molecule has 0 unspecified atom stereocenters. The van der Waals surface area contributed by atoms with E-state index in [1.54, 1.807) is 18.9 Å². The quantitative estimate of drug-likeness (QED) is 0.784. The molecule has 0 amide bonds. The topological polar surface area (TPSA) is 53.3 Å². The van der Waals surface area contributed by atoms with Gasteiger partial charge in [0.25, 0.3) is 0 Å². The third kappa shape index (κ3) is 2.64. The number of hydrogen-bond donors (Lipinski definition) is 0. The van der Waals surface area contributed by atoms with Crippen LogP contribution < -0.4 is 4.74 Å². The van der Waals surface area contributed by atoms with Crippen LogP contribution in [0.1, 0.15) is 38.2 Å². The van der Waals surface area contributed by atoms with Gasteiger partial charge in [-0.25, -0.2) is 0 Å². The van der Waals surface area contributed by atoms with Crippen LogP contribution in [0, 0.1) is 16.7 Å². The van der Waals surface area contributed by atoms with Crippen LogP contribution in [0.2, 0.25) is 0 Å². The molecule has 1 aromatic rings. The van der Waals surface area contributed by atoms with Crippen molar-refractivity contribution in [2.45, 2.75) is 32.6 Å². The highest BCUT2D eigenvalue weighted by Gasteiger charge is 2.45. The minimum Gasteiger partial charge on any atom is -0.497 e. The Morgan fingerprint density at radius 3 is 2.65 bits per heavy atom. The average Bonchev–Trinajstić information content (AvgIpc) is 3.10.